The summed E-state index contributed by atoms with van der Waals surface area (Å²) in [6.07, 6.45) is 0. The van der Waals surface area contributed by atoms with Gasteiger partial charge in [0.1, 0.15) is 31.8 Å². The van der Waals surface area contributed by atoms with Crippen molar-refractivity contribution in [2.75, 3.05) is 0 Å². The number of hydrogen-bond donors (Lipinski definition) is 2. The molecule has 0 radical (unpaired) electrons. The summed E-state index contributed by atoms with van der Waals surface area (Å²) in [6, 6.07) is 80.8. The zero-order valence-corrected chi connectivity index (χ0v) is 38.3. The molecule has 294 valence electrons. The van der Waals surface area contributed by atoms with Gasteiger partial charge in [-0.15, -0.1) is 0 Å². The molecule has 0 aliphatic carbocycles. The van der Waals surface area contributed by atoms with Crippen LogP contribution in [0.15, 0.2) is 231 Å². The molecule has 2 nitrogen and oxygen atoms in total. The van der Waals surface area contributed by atoms with Gasteiger partial charge in [-0.05, 0) is 83.9 Å². The Morgan fingerprint density at radius 2 is 0.593 bits per heavy atom. The standard InChI is InChI=1S/C37H28P2S.C14H16N2.2ClH.Ru/c40-37(33-25-13-15-27-35(33)38(29-17-5-1-6-18-29)30-19-7-2-8-20-30)34-26-14-16-28-36(34)39(31-21-9-3-10-22-31)32-23-11-4-12-24-32;15-13(11-7-3-1-4-8-11)14(16)12-9-5-2-6-10-12;;;/h1-28H;1-10,13-14H,15-16H2;2*1H;/q;;;;+4. The Morgan fingerprint density at radius 1 is 0.373 bits per heavy atom. The number of benzene rings is 8. The summed E-state index contributed by atoms with van der Waals surface area (Å²) in [5.41, 5.74) is 16.8. The van der Waals surface area contributed by atoms with Crippen LogP contribution in [-0.4, -0.2) is 4.86 Å². The van der Waals surface area contributed by atoms with Gasteiger partial charge in [0.2, 0.25) is 0 Å². The van der Waals surface area contributed by atoms with Gasteiger partial charge in [0, 0.05) is 23.2 Å². The third-order valence-corrected chi connectivity index (χ3v) is 15.9. The summed E-state index contributed by atoms with van der Waals surface area (Å²) in [4.78, 5) is 0.926. The molecule has 0 aliphatic heterocycles. The number of halogens is 2. The first-order valence-electron chi connectivity index (χ1n) is 19.2. The van der Waals surface area contributed by atoms with Crippen molar-refractivity contribution in [3.63, 3.8) is 0 Å². The molecule has 0 aromatic heterocycles. The summed E-state index contributed by atoms with van der Waals surface area (Å²) < 4.78 is 0. The summed E-state index contributed by atoms with van der Waals surface area (Å²) in [5, 5.41) is 8.11. The number of hydrogen-bond acceptors (Lipinski definition) is 3. The van der Waals surface area contributed by atoms with E-state index in [9.17, 15) is 0 Å². The molecule has 8 aromatic rings. The van der Waals surface area contributed by atoms with Crippen molar-refractivity contribution in [2.24, 2.45) is 11.5 Å². The van der Waals surface area contributed by atoms with Crippen molar-refractivity contribution in [2.45, 2.75) is 12.1 Å². The fraction of sp³-hybridized carbons (Fsp3) is 0.0392. The van der Waals surface area contributed by atoms with E-state index in [0.717, 1.165) is 27.1 Å². The van der Waals surface area contributed by atoms with Gasteiger partial charge in [0.25, 0.3) is 0 Å². The molecule has 0 saturated carbocycles. The van der Waals surface area contributed by atoms with E-state index >= 15 is 0 Å². The third-order valence-electron chi connectivity index (χ3n) is 9.89. The summed E-state index contributed by atoms with van der Waals surface area (Å²) in [7, 11) is 7.16. The minimum absolute atomic E-state index is 0.163. The Labute approximate surface area is 372 Å². The zero-order chi connectivity index (χ0) is 41.2. The Balaban J connectivity index is 0.000000256. The molecular formula is C51H46Cl2N2P2RuS+4. The van der Waals surface area contributed by atoms with E-state index in [1.54, 1.807) is 0 Å². The van der Waals surface area contributed by atoms with Gasteiger partial charge >= 0.3 is 34.5 Å². The van der Waals surface area contributed by atoms with Crippen LogP contribution in [0.2, 0.25) is 0 Å². The molecule has 0 aliphatic rings. The van der Waals surface area contributed by atoms with Crippen molar-refractivity contribution >= 4 is 84.1 Å². The second kappa shape index (κ2) is 23.6. The SMILES string of the molecule is NC(c1ccccc1)C(N)c1ccccc1.S=C(c1ccccc1[PH+](c1ccccc1)c1ccccc1)c1ccccc1[PH+](c1ccccc1)c1ccccc1.[Cl][Ru+2][Cl]. The van der Waals surface area contributed by atoms with Gasteiger partial charge in [-0.3, -0.25) is 0 Å². The second-order valence-electron chi connectivity index (χ2n) is 13.6. The third kappa shape index (κ3) is 12.0. The monoisotopic (exact) mass is 952 g/mol. The molecule has 0 bridgehead atoms. The Bertz CT molecular complexity index is 2200. The molecule has 0 amide bonds. The number of thiocarbonyl (C=S) groups is 1. The Morgan fingerprint density at radius 3 is 0.864 bits per heavy atom. The second-order valence-corrected chi connectivity index (χ2v) is 21.5. The van der Waals surface area contributed by atoms with Gasteiger partial charge < -0.3 is 11.5 Å². The normalized spacial score (nSPS) is 11.7. The van der Waals surface area contributed by atoms with Gasteiger partial charge in [0.05, 0.1) is 20.7 Å². The van der Waals surface area contributed by atoms with Gasteiger partial charge in [0.15, 0.2) is 0 Å². The maximum atomic E-state index is 6.43. The van der Waals surface area contributed by atoms with Gasteiger partial charge in [-0.1, -0.05) is 170 Å². The van der Waals surface area contributed by atoms with Crippen LogP contribution in [0.3, 0.4) is 0 Å². The van der Waals surface area contributed by atoms with E-state index in [0.29, 0.717) is 0 Å². The molecule has 59 heavy (non-hydrogen) atoms. The molecule has 8 rings (SSSR count). The van der Waals surface area contributed by atoms with Crippen LogP contribution in [0, 0.1) is 0 Å². The van der Waals surface area contributed by atoms with E-state index in [1.807, 2.05) is 60.7 Å². The Kier molecular flexibility index (Phi) is 17.7. The molecule has 8 heteroatoms. The van der Waals surface area contributed by atoms with E-state index in [-0.39, 0.29) is 27.2 Å². The average molecular weight is 953 g/mol. The van der Waals surface area contributed by atoms with Crippen LogP contribution in [0.4, 0.5) is 0 Å². The van der Waals surface area contributed by atoms with Crippen LogP contribution in [-0.2, 0) is 15.1 Å². The zero-order valence-electron chi connectivity index (χ0n) is 32.3. The Hall–Kier alpha value is -4.17. The van der Waals surface area contributed by atoms with E-state index in [4.69, 9.17) is 43.1 Å². The molecule has 0 heterocycles. The van der Waals surface area contributed by atoms with Crippen LogP contribution in [0.1, 0.15) is 34.3 Å². The molecule has 4 N–H and O–H groups in total. The molecule has 0 spiro atoms. The fourth-order valence-corrected chi connectivity index (χ4v) is 13.1. The number of rotatable bonds is 11. The van der Waals surface area contributed by atoms with Crippen LogP contribution >= 0.6 is 47.4 Å². The van der Waals surface area contributed by atoms with Crippen LogP contribution < -0.4 is 43.3 Å². The van der Waals surface area contributed by atoms with Crippen molar-refractivity contribution in [1.29, 1.82) is 0 Å². The summed E-state index contributed by atoms with van der Waals surface area (Å²) >= 11 is 6.09. The van der Waals surface area contributed by atoms with E-state index in [2.05, 4.69) is 170 Å². The molecule has 8 aromatic carbocycles. The van der Waals surface area contributed by atoms with Gasteiger partial charge in [-0.25, -0.2) is 0 Å². The maximum absolute atomic E-state index is 6.43. The minimum atomic E-state index is -1.27. The molecule has 2 atom stereocenters. The average Bonchev–Trinajstić information content (AvgIpc) is 3.31. The summed E-state index contributed by atoms with van der Waals surface area (Å²) in [6.45, 7) is 0. The predicted molar refractivity (Wildman–Crippen MR) is 262 cm³/mol. The molecule has 0 saturated heterocycles. The van der Waals surface area contributed by atoms with E-state index < -0.39 is 15.8 Å². The van der Waals surface area contributed by atoms with E-state index in [1.165, 1.54) is 31.8 Å². The first-order chi connectivity index (χ1) is 29.0. The first kappa shape index (κ1) is 44.4. The van der Waals surface area contributed by atoms with Gasteiger partial charge in [-0.2, -0.15) is 0 Å². The molecule has 2 unspecified atom stereocenters. The van der Waals surface area contributed by atoms with Crippen LogP contribution in [0.5, 0.6) is 0 Å². The van der Waals surface area contributed by atoms with Crippen LogP contribution in [0.25, 0.3) is 0 Å². The topological polar surface area (TPSA) is 52.0 Å². The molecule has 0 fully saturated rings. The van der Waals surface area contributed by atoms with Crippen molar-refractivity contribution < 1.29 is 15.1 Å². The predicted octanol–water partition coefficient (Wildman–Crippen LogP) is 10.2. The number of nitrogens with two attached hydrogens (primary N) is 2. The van der Waals surface area contributed by atoms with Crippen molar-refractivity contribution in [3.05, 3.63) is 253 Å². The molecular weight excluding hydrogens is 907 g/mol. The first-order valence-corrected chi connectivity index (χ1v) is 27.1. The van der Waals surface area contributed by atoms with Crippen molar-refractivity contribution in [3.8, 4) is 0 Å². The fourth-order valence-electron chi connectivity index (χ4n) is 7.08. The summed E-state index contributed by atoms with van der Waals surface area (Å²) in [5.74, 6) is 0. The quantitative estimate of drug-likeness (QED) is 0.0588. The van der Waals surface area contributed by atoms with Crippen molar-refractivity contribution in [1.82, 2.24) is 0 Å².